The predicted molar refractivity (Wildman–Crippen MR) is 117 cm³/mol. The summed E-state index contributed by atoms with van der Waals surface area (Å²) in [6.07, 6.45) is 2.79. The molecule has 0 unspecified atom stereocenters. The molecule has 4 aromatic rings. The lowest BCUT2D eigenvalue weighted by molar-refractivity contribution is -0.384. The van der Waals surface area contributed by atoms with Crippen molar-refractivity contribution in [1.29, 1.82) is 0 Å². The third-order valence-corrected chi connectivity index (χ3v) is 4.73. The SMILES string of the molecule is O=C(C=Cc1ccc(Cl)c([N+](=O)[O-])c1)Nc1ccc(-c2nc3ccccc3[nH]2)cc1. The van der Waals surface area contributed by atoms with Gasteiger partial charge in [-0.2, -0.15) is 0 Å². The van der Waals surface area contributed by atoms with Gasteiger partial charge in [-0.1, -0.05) is 29.8 Å². The second-order valence-corrected chi connectivity index (χ2v) is 6.88. The van der Waals surface area contributed by atoms with Crippen LogP contribution >= 0.6 is 11.6 Å². The molecule has 0 bridgehead atoms. The first kappa shape index (κ1) is 19.4. The first-order chi connectivity index (χ1) is 14.5. The van der Waals surface area contributed by atoms with Crippen molar-refractivity contribution in [2.75, 3.05) is 5.32 Å². The van der Waals surface area contributed by atoms with Crippen molar-refractivity contribution < 1.29 is 9.72 Å². The van der Waals surface area contributed by atoms with Crippen molar-refractivity contribution >= 4 is 46.0 Å². The van der Waals surface area contributed by atoms with Gasteiger partial charge in [-0.05, 0) is 54.1 Å². The van der Waals surface area contributed by atoms with Crippen molar-refractivity contribution in [2.24, 2.45) is 0 Å². The molecule has 1 heterocycles. The number of nitrogens with one attached hydrogen (secondary N) is 2. The summed E-state index contributed by atoms with van der Waals surface area (Å²) >= 11 is 5.79. The Labute approximate surface area is 176 Å². The molecule has 1 aromatic heterocycles. The van der Waals surface area contributed by atoms with Crippen molar-refractivity contribution in [1.82, 2.24) is 9.97 Å². The number of anilines is 1. The number of imidazole rings is 1. The highest BCUT2D eigenvalue weighted by Crippen LogP contribution is 2.26. The maximum Gasteiger partial charge on any atom is 0.288 e. The Morgan fingerprint density at radius 1 is 1.10 bits per heavy atom. The van der Waals surface area contributed by atoms with Crippen molar-refractivity contribution in [3.63, 3.8) is 0 Å². The Hall–Kier alpha value is -3.97. The lowest BCUT2D eigenvalue weighted by Crippen LogP contribution is -2.07. The lowest BCUT2D eigenvalue weighted by Gasteiger charge is -2.03. The number of hydrogen-bond acceptors (Lipinski definition) is 4. The summed E-state index contributed by atoms with van der Waals surface area (Å²) in [5.74, 6) is 0.391. The molecule has 0 aliphatic rings. The summed E-state index contributed by atoms with van der Waals surface area (Å²) in [7, 11) is 0. The number of fused-ring (bicyclic) bond motifs is 1. The Kier molecular flexibility index (Phi) is 5.28. The molecule has 0 spiro atoms. The van der Waals surface area contributed by atoms with E-state index in [1.807, 2.05) is 36.4 Å². The molecule has 4 rings (SSSR count). The number of aromatic nitrogens is 2. The molecule has 30 heavy (non-hydrogen) atoms. The minimum absolute atomic E-state index is 0.0474. The van der Waals surface area contributed by atoms with E-state index in [4.69, 9.17) is 11.6 Å². The number of nitrogens with zero attached hydrogens (tertiary/aromatic N) is 2. The van der Waals surface area contributed by atoms with E-state index in [1.165, 1.54) is 24.3 Å². The van der Waals surface area contributed by atoms with E-state index in [0.29, 0.717) is 11.3 Å². The first-order valence-electron chi connectivity index (χ1n) is 8.98. The average Bonchev–Trinajstić information content (AvgIpc) is 3.18. The van der Waals surface area contributed by atoms with Gasteiger partial charge in [0, 0.05) is 23.4 Å². The van der Waals surface area contributed by atoms with Crippen LogP contribution in [0.25, 0.3) is 28.5 Å². The van der Waals surface area contributed by atoms with Crippen LogP contribution in [0, 0.1) is 10.1 Å². The van der Waals surface area contributed by atoms with Crippen LogP contribution in [-0.2, 0) is 4.79 Å². The minimum atomic E-state index is -0.566. The summed E-state index contributed by atoms with van der Waals surface area (Å²) in [6, 6.07) is 19.4. The summed E-state index contributed by atoms with van der Waals surface area (Å²) in [6.45, 7) is 0. The molecule has 0 saturated heterocycles. The average molecular weight is 419 g/mol. The Balaban J connectivity index is 1.44. The number of rotatable bonds is 5. The topological polar surface area (TPSA) is 101 Å². The van der Waals surface area contributed by atoms with E-state index in [0.717, 1.165) is 22.4 Å². The van der Waals surface area contributed by atoms with Gasteiger partial charge in [0.2, 0.25) is 5.91 Å². The maximum atomic E-state index is 12.2. The van der Waals surface area contributed by atoms with Crippen LogP contribution in [0.5, 0.6) is 0 Å². The third kappa shape index (κ3) is 4.21. The normalized spacial score (nSPS) is 11.1. The van der Waals surface area contributed by atoms with Crippen LogP contribution in [0.2, 0.25) is 5.02 Å². The number of aromatic amines is 1. The molecular formula is C22H15ClN4O3. The van der Waals surface area contributed by atoms with E-state index >= 15 is 0 Å². The molecule has 3 aromatic carbocycles. The number of benzene rings is 3. The number of halogens is 1. The molecule has 0 radical (unpaired) electrons. The zero-order valence-electron chi connectivity index (χ0n) is 15.5. The number of nitro groups is 1. The molecule has 2 N–H and O–H groups in total. The van der Waals surface area contributed by atoms with Gasteiger partial charge in [-0.15, -0.1) is 0 Å². The Bertz CT molecular complexity index is 1250. The molecule has 0 atom stereocenters. The number of carbonyl (C=O) groups is 1. The molecule has 0 aliphatic heterocycles. The molecule has 0 fully saturated rings. The summed E-state index contributed by atoms with van der Waals surface area (Å²) in [5.41, 5.74) is 3.65. The maximum absolute atomic E-state index is 12.2. The number of para-hydroxylation sites is 2. The van der Waals surface area contributed by atoms with Crippen LogP contribution in [-0.4, -0.2) is 20.8 Å². The number of amides is 1. The van der Waals surface area contributed by atoms with Gasteiger partial charge < -0.3 is 10.3 Å². The quantitative estimate of drug-likeness (QED) is 0.256. The highest BCUT2D eigenvalue weighted by Gasteiger charge is 2.12. The van der Waals surface area contributed by atoms with Crippen LogP contribution in [0.4, 0.5) is 11.4 Å². The van der Waals surface area contributed by atoms with Gasteiger partial charge in [0.15, 0.2) is 0 Å². The fourth-order valence-electron chi connectivity index (χ4n) is 2.93. The van der Waals surface area contributed by atoms with E-state index < -0.39 is 4.92 Å². The number of H-pyrrole nitrogens is 1. The van der Waals surface area contributed by atoms with E-state index in [-0.39, 0.29) is 16.6 Å². The molecule has 7 nitrogen and oxygen atoms in total. The monoisotopic (exact) mass is 418 g/mol. The molecule has 0 aliphatic carbocycles. The molecule has 148 valence electrons. The fourth-order valence-corrected chi connectivity index (χ4v) is 3.12. The van der Waals surface area contributed by atoms with Crippen LogP contribution in [0.1, 0.15) is 5.56 Å². The number of carbonyl (C=O) groups excluding carboxylic acids is 1. The first-order valence-corrected chi connectivity index (χ1v) is 9.35. The predicted octanol–water partition coefficient (Wildman–Crippen LogP) is 5.44. The number of nitro benzene ring substituents is 1. The summed E-state index contributed by atoms with van der Waals surface area (Å²) in [4.78, 5) is 30.4. The zero-order chi connectivity index (χ0) is 21.1. The summed E-state index contributed by atoms with van der Waals surface area (Å²) in [5, 5.41) is 13.7. The standard InChI is InChI=1S/C22H15ClN4O3/c23-17-11-5-14(13-20(17)27(29)30)6-12-21(28)24-16-9-7-15(8-10-16)22-25-18-3-1-2-4-19(18)26-22/h1-13H,(H,24,28)(H,25,26). The van der Waals surface area contributed by atoms with E-state index in [1.54, 1.807) is 18.2 Å². The van der Waals surface area contributed by atoms with Crippen LogP contribution in [0.3, 0.4) is 0 Å². The largest absolute Gasteiger partial charge is 0.338 e. The van der Waals surface area contributed by atoms with Gasteiger partial charge >= 0.3 is 0 Å². The van der Waals surface area contributed by atoms with Gasteiger partial charge in [-0.3, -0.25) is 14.9 Å². The molecule has 0 saturated carbocycles. The number of hydrogen-bond donors (Lipinski definition) is 2. The van der Waals surface area contributed by atoms with Gasteiger partial charge in [0.1, 0.15) is 10.8 Å². The van der Waals surface area contributed by atoms with Gasteiger partial charge in [0.05, 0.1) is 16.0 Å². The second-order valence-electron chi connectivity index (χ2n) is 6.47. The van der Waals surface area contributed by atoms with Gasteiger partial charge in [-0.25, -0.2) is 4.98 Å². The lowest BCUT2D eigenvalue weighted by atomic mass is 10.2. The van der Waals surface area contributed by atoms with E-state index in [2.05, 4.69) is 15.3 Å². The highest BCUT2D eigenvalue weighted by molar-refractivity contribution is 6.32. The second kappa shape index (κ2) is 8.18. The van der Waals surface area contributed by atoms with Crippen molar-refractivity contribution in [3.05, 3.63) is 93.5 Å². The van der Waals surface area contributed by atoms with E-state index in [9.17, 15) is 14.9 Å². The highest BCUT2D eigenvalue weighted by atomic mass is 35.5. The zero-order valence-corrected chi connectivity index (χ0v) is 16.3. The van der Waals surface area contributed by atoms with Crippen LogP contribution < -0.4 is 5.32 Å². The van der Waals surface area contributed by atoms with Crippen molar-refractivity contribution in [3.8, 4) is 11.4 Å². The summed E-state index contributed by atoms with van der Waals surface area (Å²) < 4.78 is 0. The fraction of sp³-hybridized carbons (Fsp3) is 0. The molecule has 1 amide bonds. The van der Waals surface area contributed by atoms with Crippen molar-refractivity contribution in [2.45, 2.75) is 0 Å². The molecular weight excluding hydrogens is 404 g/mol. The minimum Gasteiger partial charge on any atom is -0.338 e. The van der Waals surface area contributed by atoms with Gasteiger partial charge in [0.25, 0.3) is 5.69 Å². The van der Waals surface area contributed by atoms with Crippen LogP contribution in [0.15, 0.2) is 72.8 Å². The Morgan fingerprint density at radius 2 is 1.87 bits per heavy atom. The molecule has 8 heteroatoms. The third-order valence-electron chi connectivity index (χ3n) is 4.41. The Morgan fingerprint density at radius 3 is 2.60 bits per heavy atom. The smallest absolute Gasteiger partial charge is 0.288 e.